The Morgan fingerprint density at radius 3 is 2.73 bits per heavy atom. The van der Waals surface area contributed by atoms with Crippen molar-refractivity contribution < 1.29 is 9.32 Å². The Balaban J connectivity index is 1.51. The zero-order chi connectivity index (χ0) is 18.3. The monoisotopic (exact) mass is 370 g/mol. The Kier molecular flexibility index (Phi) is 4.28. The van der Waals surface area contributed by atoms with Crippen molar-refractivity contribution in [1.29, 1.82) is 0 Å². The van der Waals surface area contributed by atoms with Crippen LogP contribution < -0.4 is 5.32 Å². The van der Waals surface area contributed by atoms with Gasteiger partial charge >= 0.3 is 0 Å². The molecule has 134 valence electrons. The second-order valence-corrected chi connectivity index (χ2v) is 7.11. The van der Waals surface area contributed by atoms with E-state index in [1.54, 1.807) is 6.07 Å². The highest BCUT2D eigenvalue weighted by molar-refractivity contribution is 6.30. The van der Waals surface area contributed by atoms with Crippen molar-refractivity contribution >= 4 is 23.2 Å². The molecule has 0 unspecified atom stereocenters. The molecule has 0 bridgehead atoms. The summed E-state index contributed by atoms with van der Waals surface area (Å²) in [7, 11) is 0. The summed E-state index contributed by atoms with van der Waals surface area (Å²) < 4.78 is 7.13. The minimum atomic E-state index is -0.280. The van der Waals surface area contributed by atoms with Crippen LogP contribution in [0.1, 0.15) is 52.0 Å². The number of rotatable bonds is 5. The Morgan fingerprint density at radius 2 is 2.04 bits per heavy atom. The number of carbonyl (C=O) groups excluding carboxylic acids is 1. The maximum atomic E-state index is 12.5. The summed E-state index contributed by atoms with van der Waals surface area (Å²) in [6, 6.07) is 9.37. The zero-order valence-corrected chi connectivity index (χ0v) is 15.4. The smallest absolute Gasteiger partial charge is 0.277 e. The first-order valence-corrected chi connectivity index (χ1v) is 8.95. The average molecular weight is 371 g/mol. The average Bonchev–Trinajstić information content (AvgIpc) is 3.30. The SMILES string of the molecule is Cc1nn(Cc2ccc(Cl)cc2)c(C)c1NC(=O)c1cc(C2CC2)on1. The van der Waals surface area contributed by atoms with Crippen LogP contribution in [0.2, 0.25) is 5.02 Å². The standard InChI is InChI=1S/C19H19ClN4O2/c1-11-18(21-19(25)16-9-17(26-23-16)14-5-6-14)12(2)24(22-11)10-13-3-7-15(20)8-4-13/h3-4,7-9,14H,5-6,10H2,1-2H3,(H,21,25). The molecule has 1 amide bonds. The molecule has 1 aliphatic rings. The molecule has 0 radical (unpaired) electrons. The molecule has 1 N–H and O–H groups in total. The number of amides is 1. The maximum Gasteiger partial charge on any atom is 0.277 e. The summed E-state index contributed by atoms with van der Waals surface area (Å²) in [6.45, 7) is 4.42. The molecule has 0 aliphatic heterocycles. The van der Waals surface area contributed by atoms with E-state index in [1.165, 1.54) is 0 Å². The van der Waals surface area contributed by atoms with Gasteiger partial charge in [0, 0.05) is 17.0 Å². The van der Waals surface area contributed by atoms with E-state index in [0.717, 1.165) is 35.6 Å². The van der Waals surface area contributed by atoms with Crippen molar-refractivity contribution in [1.82, 2.24) is 14.9 Å². The molecule has 0 spiro atoms. The number of benzene rings is 1. The fraction of sp³-hybridized carbons (Fsp3) is 0.316. The van der Waals surface area contributed by atoms with Gasteiger partial charge in [-0.3, -0.25) is 9.48 Å². The zero-order valence-electron chi connectivity index (χ0n) is 14.6. The van der Waals surface area contributed by atoms with Gasteiger partial charge < -0.3 is 9.84 Å². The summed E-state index contributed by atoms with van der Waals surface area (Å²) in [6.07, 6.45) is 2.21. The van der Waals surface area contributed by atoms with Gasteiger partial charge in [-0.25, -0.2) is 0 Å². The quantitative estimate of drug-likeness (QED) is 0.725. The van der Waals surface area contributed by atoms with Gasteiger partial charge in [-0.1, -0.05) is 28.9 Å². The third-order valence-electron chi connectivity index (χ3n) is 4.61. The number of aromatic nitrogens is 3. The lowest BCUT2D eigenvalue weighted by atomic mass is 10.2. The number of anilines is 1. The molecular formula is C19H19ClN4O2. The topological polar surface area (TPSA) is 73.0 Å². The summed E-state index contributed by atoms with van der Waals surface area (Å²) in [5, 5.41) is 12.1. The maximum absolute atomic E-state index is 12.5. The van der Waals surface area contributed by atoms with Crippen LogP contribution in [-0.2, 0) is 6.54 Å². The van der Waals surface area contributed by atoms with Gasteiger partial charge in [0.2, 0.25) is 0 Å². The van der Waals surface area contributed by atoms with Gasteiger partial charge in [0.25, 0.3) is 5.91 Å². The lowest BCUT2D eigenvalue weighted by Gasteiger charge is -2.06. The van der Waals surface area contributed by atoms with E-state index in [4.69, 9.17) is 16.1 Å². The minimum Gasteiger partial charge on any atom is -0.360 e. The van der Waals surface area contributed by atoms with Gasteiger partial charge in [0.15, 0.2) is 5.69 Å². The number of nitrogens with zero attached hydrogens (tertiary/aromatic N) is 3. The first-order valence-electron chi connectivity index (χ1n) is 8.57. The molecule has 1 saturated carbocycles. The molecule has 1 fully saturated rings. The normalized spacial score (nSPS) is 13.8. The first kappa shape index (κ1) is 16.8. The Labute approximate surface area is 156 Å². The summed E-state index contributed by atoms with van der Waals surface area (Å²) in [5.41, 5.74) is 3.74. The van der Waals surface area contributed by atoms with E-state index in [9.17, 15) is 4.79 Å². The molecule has 0 saturated heterocycles. The number of aryl methyl sites for hydroxylation is 1. The van der Waals surface area contributed by atoms with E-state index in [1.807, 2.05) is 42.8 Å². The van der Waals surface area contributed by atoms with Crippen molar-refractivity contribution in [2.45, 2.75) is 39.2 Å². The van der Waals surface area contributed by atoms with Crippen molar-refractivity contribution in [2.75, 3.05) is 5.32 Å². The van der Waals surface area contributed by atoms with Crippen LogP contribution in [-0.4, -0.2) is 20.8 Å². The molecule has 4 rings (SSSR count). The number of halogens is 1. The van der Waals surface area contributed by atoms with E-state index < -0.39 is 0 Å². The summed E-state index contributed by atoms with van der Waals surface area (Å²) in [4.78, 5) is 12.5. The molecule has 3 aromatic rings. The lowest BCUT2D eigenvalue weighted by molar-refractivity contribution is 0.101. The highest BCUT2D eigenvalue weighted by Gasteiger charge is 2.29. The van der Waals surface area contributed by atoms with Crippen molar-refractivity contribution in [2.24, 2.45) is 0 Å². The van der Waals surface area contributed by atoms with Crippen molar-refractivity contribution in [3.05, 3.63) is 63.8 Å². The second-order valence-electron chi connectivity index (χ2n) is 6.67. The molecule has 6 nitrogen and oxygen atoms in total. The largest absolute Gasteiger partial charge is 0.360 e. The predicted octanol–water partition coefficient (Wildman–Crippen LogP) is 4.32. The molecule has 2 heterocycles. The number of nitrogens with one attached hydrogen (secondary N) is 1. The molecule has 26 heavy (non-hydrogen) atoms. The second kappa shape index (κ2) is 6.61. The van der Waals surface area contributed by atoms with Gasteiger partial charge in [0.1, 0.15) is 5.76 Å². The number of carbonyl (C=O) groups is 1. The molecular weight excluding hydrogens is 352 g/mol. The molecule has 1 aromatic carbocycles. The van der Waals surface area contributed by atoms with E-state index in [-0.39, 0.29) is 5.91 Å². The van der Waals surface area contributed by atoms with Crippen LogP contribution in [0.3, 0.4) is 0 Å². The highest BCUT2D eigenvalue weighted by atomic mass is 35.5. The Morgan fingerprint density at radius 1 is 1.31 bits per heavy atom. The van der Waals surface area contributed by atoms with Gasteiger partial charge in [-0.05, 0) is 44.4 Å². The molecule has 1 aliphatic carbocycles. The van der Waals surface area contributed by atoms with Crippen LogP contribution in [0.4, 0.5) is 5.69 Å². The molecule has 7 heteroatoms. The predicted molar refractivity (Wildman–Crippen MR) is 98.7 cm³/mol. The third-order valence-corrected chi connectivity index (χ3v) is 4.86. The van der Waals surface area contributed by atoms with Crippen LogP contribution >= 0.6 is 11.6 Å². The number of hydrogen-bond donors (Lipinski definition) is 1. The van der Waals surface area contributed by atoms with Crippen LogP contribution in [0.5, 0.6) is 0 Å². The first-order chi connectivity index (χ1) is 12.5. The van der Waals surface area contributed by atoms with Crippen LogP contribution in [0, 0.1) is 13.8 Å². The van der Waals surface area contributed by atoms with Crippen molar-refractivity contribution in [3.63, 3.8) is 0 Å². The van der Waals surface area contributed by atoms with Gasteiger partial charge in [0.05, 0.1) is 23.6 Å². The van der Waals surface area contributed by atoms with E-state index in [0.29, 0.717) is 28.9 Å². The van der Waals surface area contributed by atoms with Crippen LogP contribution in [0.15, 0.2) is 34.9 Å². The number of hydrogen-bond acceptors (Lipinski definition) is 4. The molecule has 0 atom stereocenters. The van der Waals surface area contributed by atoms with Gasteiger partial charge in [-0.15, -0.1) is 0 Å². The van der Waals surface area contributed by atoms with Gasteiger partial charge in [-0.2, -0.15) is 5.10 Å². The third kappa shape index (κ3) is 3.37. The van der Waals surface area contributed by atoms with Crippen LogP contribution in [0.25, 0.3) is 0 Å². The Bertz CT molecular complexity index is 955. The summed E-state index contributed by atoms with van der Waals surface area (Å²) in [5.74, 6) is 0.939. The van der Waals surface area contributed by atoms with E-state index >= 15 is 0 Å². The lowest BCUT2D eigenvalue weighted by Crippen LogP contribution is -2.13. The summed E-state index contributed by atoms with van der Waals surface area (Å²) >= 11 is 5.93. The Hall–Kier alpha value is -2.60. The fourth-order valence-electron chi connectivity index (χ4n) is 2.93. The highest BCUT2D eigenvalue weighted by Crippen LogP contribution is 2.40. The molecule has 2 aromatic heterocycles. The van der Waals surface area contributed by atoms with E-state index in [2.05, 4.69) is 15.6 Å². The van der Waals surface area contributed by atoms with Crippen molar-refractivity contribution in [3.8, 4) is 0 Å². The fourth-order valence-corrected chi connectivity index (χ4v) is 3.05. The minimum absolute atomic E-state index is 0.280.